The summed E-state index contributed by atoms with van der Waals surface area (Å²) in [5, 5.41) is 0. The highest BCUT2D eigenvalue weighted by atomic mass is 35.6. The van der Waals surface area contributed by atoms with Gasteiger partial charge in [0.05, 0.1) is 0 Å². The van der Waals surface area contributed by atoms with Crippen LogP contribution in [0.15, 0.2) is 12.1 Å². The van der Waals surface area contributed by atoms with Crippen LogP contribution in [0.4, 0.5) is 17.6 Å². The molecule has 0 bridgehead atoms. The minimum Gasteiger partial charge on any atom is -0.429 e. The predicted octanol–water partition coefficient (Wildman–Crippen LogP) is 5.92. The van der Waals surface area contributed by atoms with Crippen LogP contribution < -0.4 is 4.74 Å². The Balaban J connectivity index is 1.77. The van der Waals surface area contributed by atoms with E-state index in [4.69, 9.17) is 11.1 Å². The highest BCUT2D eigenvalue weighted by Gasteiger charge is 2.21. The van der Waals surface area contributed by atoms with Crippen molar-refractivity contribution in [2.24, 2.45) is 5.92 Å². The Morgan fingerprint density at radius 3 is 2.30 bits per heavy atom. The molecule has 1 aliphatic heterocycles. The van der Waals surface area contributed by atoms with Gasteiger partial charge in [-0.15, -0.1) is 0 Å². The molecule has 2 rings (SSSR count). The van der Waals surface area contributed by atoms with Crippen molar-refractivity contribution >= 4 is 19.2 Å². The van der Waals surface area contributed by atoms with Gasteiger partial charge in [-0.3, -0.25) is 0 Å². The number of aryl methyl sites for hydroxylation is 1. The van der Waals surface area contributed by atoms with E-state index in [1.54, 1.807) is 0 Å². The molecule has 1 aliphatic rings. The maximum atomic E-state index is 13.6. The summed E-state index contributed by atoms with van der Waals surface area (Å²) in [6, 6.07) is 4.48. The zero-order valence-corrected chi connectivity index (χ0v) is 14.5. The van der Waals surface area contributed by atoms with E-state index in [0.717, 1.165) is 37.3 Å². The average molecular weight is 368 g/mol. The number of unbranched alkanes of at least 4 members (excludes halogenated alkanes) is 1. The lowest BCUT2D eigenvalue weighted by Crippen LogP contribution is -2.16. The van der Waals surface area contributed by atoms with Crippen LogP contribution in [-0.2, 0) is 6.42 Å². The highest BCUT2D eigenvalue weighted by molar-refractivity contribution is 7.07. The van der Waals surface area contributed by atoms with E-state index in [1.807, 2.05) is 0 Å². The summed E-state index contributed by atoms with van der Waals surface area (Å²) in [4.78, 5) is 0. The van der Waals surface area contributed by atoms with Crippen LogP contribution in [0.1, 0.15) is 37.7 Å². The number of hydrogen-bond donors (Lipinski definition) is 0. The molecule has 0 saturated carbocycles. The molecule has 0 spiro atoms. The molecule has 0 aromatic heterocycles. The monoisotopic (exact) mass is 367 g/mol. The van der Waals surface area contributed by atoms with E-state index in [1.165, 1.54) is 24.9 Å². The number of benzene rings is 1. The van der Waals surface area contributed by atoms with Crippen LogP contribution in [0.2, 0.25) is 12.1 Å². The van der Waals surface area contributed by atoms with E-state index < -0.39 is 32.1 Å². The second-order valence-corrected chi connectivity index (χ2v) is 9.61. The molecule has 1 fully saturated rings. The fraction of sp³-hybridized carbons (Fsp3) is 0.625. The first-order chi connectivity index (χ1) is 11.0. The molecule has 0 aliphatic carbocycles. The molecule has 129 valence electrons. The molecule has 0 N–H and O–H groups in total. The third kappa shape index (κ3) is 5.99. The summed E-state index contributed by atoms with van der Waals surface area (Å²) in [5.74, 6) is -2.45. The van der Waals surface area contributed by atoms with Gasteiger partial charge in [0.1, 0.15) is 0 Å². The van der Waals surface area contributed by atoms with Gasteiger partial charge >= 0.3 is 6.61 Å². The van der Waals surface area contributed by atoms with Gasteiger partial charge in [0.25, 0.3) is 0 Å². The summed E-state index contributed by atoms with van der Waals surface area (Å²) in [6.45, 7) is -3.24. The van der Waals surface area contributed by atoms with Crippen LogP contribution >= 0.6 is 11.1 Å². The van der Waals surface area contributed by atoms with Gasteiger partial charge in [0.2, 0.25) is 0 Å². The number of hydrogen-bond acceptors (Lipinski definition) is 1. The molecular weight excluding hydrogens is 348 g/mol. The van der Waals surface area contributed by atoms with E-state index in [-0.39, 0.29) is 0 Å². The summed E-state index contributed by atoms with van der Waals surface area (Å²) in [5.41, 5.74) is 0.469. The minimum absolute atomic E-state index is 0.469. The Kier molecular flexibility index (Phi) is 7.21. The molecule has 1 radical (unpaired) electrons. The van der Waals surface area contributed by atoms with Crippen LogP contribution in [0.25, 0.3) is 0 Å². The molecular formula is C16H20ClF4OSi. The van der Waals surface area contributed by atoms with Gasteiger partial charge in [-0.05, 0) is 48.5 Å². The Bertz CT molecular complexity index is 484. The molecule has 1 aromatic carbocycles. The van der Waals surface area contributed by atoms with Crippen molar-refractivity contribution in [2.45, 2.75) is 57.2 Å². The van der Waals surface area contributed by atoms with Gasteiger partial charge in [-0.25, -0.2) is 8.78 Å². The smallest absolute Gasteiger partial charge is 0.387 e. The van der Waals surface area contributed by atoms with Crippen molar-refractivity contribution in [3.63, 3.8) is 0 Å². The van der Waals surface area contributed by atoms with Crippen molar-refractivity contribution in [2.75, 3.05) is 0 Å². The third-order valence-corrected chi connectivity index (χ3v) is 7.04. The first kappa shape index (κ1) is 18.6. The number of alkyl halides is 2. The second kappa shape index (κ2) is 8.92. The molecule has 1 heterocycles. The van der Waals surface area contributed by atoms with E-state index in [0.29, 0.717) is 12.0 Å². The van der Waals surface area contributed by atoms with Gasteiger partial charge < -0.3 is 4.74 Å². The lowest BCUT2D eigenvalue weighted by molar-refractivity contribution is -0.0546. The molecule has 0 unspecified atom stereocenters. The summed E-state index contributed by atoms with van der Waals surface area (Å²) >= 11 is 6.17. The quantitative estimate of drug-likeness (QED) is 0.251. The number of halogens is 5. The van der Waals surface area contributed by atoms with E-state index in [2.05, 4.69) is 4.74 Å². The highest BCUT2D eigenvalue weighted by Crippen LogP contribution is 2.31. The molecule has 1 aromatic rings. The van der Waals surface area contributed by atoms with Crippen molar-refractivity contribution < 1.29 is 22.3 Å². The maximum Gasteiger partial charge on any atom is 0.387 e. The normalized spacial score (nSPS) is 17.0. The Morgan fingerprint density at radius 1 is 1.13 bits per heavy atom. The van der Waals surface area contributed by atoms with E-state index >= 15 is 0 Å². The van der Waals surface area contributed by atoms with Gasteiger partial charge in [0.15, 0.2) is 25.5 Å². The molecule has 1 nitrogen and oxygen atoms in total. The zero-order valence-electron chi connectivity index (χ0n) is 12.8. The summed E-state index contributed by atoms with van der Waals surface area (Å²) in [6.07, 6.45) is 5.85. The van der Waals surface area contributed by atoms with Crippen molar-refractivity contribution in [3.8, 4) is 5.75 Å². The summed E-state index contributed by atoms with van der Waals surface area (Å²) < 4.78 is 55.2. The predicted molar refractivity (Wildman–Crippen MR) is 84.5 cm³/mol. The molecule has 0 atom stereocenters. The lowest BCUT2D eigenvalue weighted by Gasteiger charge is -2.23. The van der Waals surface area contributed by atoms with Gasteiger partial charge in [-0.1, -0.05) is 25.7 Å². The van der Waals surface area contributed by atoms with Crippen molar-refractivity contribution in [1.82, 2.24) is 0 Å². The van der Waals surface area contributed by atoms with Gasteiger partial charge in [0, 0.05) is 0 Å². The maximum absolute atomic E-state index is 13.6. The van der Waals surface area contributed by atoms with Crippen molar-refractivity contribution in [1.29, 1.82) is 0 Å². The standard InChI is InChI=1S/C16H20ClF4OSi/c17-23-7-5-11(6-8-23)3-1-2-4-12-9-13(18)15(14(19)10-12)22-16(20)21/h9-11,16H,1-8H2. The SMILES string of the molecule is Fc1cc(CCCCC2CC[Si](Cl)CC2)cc(F)c1OC(F)F. The first-order valence-electron chi connectivity index (χ1n) is 7.88. The fourth-order valence-electron chi connectivity index (χ4n) is 3.00. The topological polar surface area (TPSA) is 9.23 Å². The Labute approximate surface area is 140 Å². The Morgan fingerprint density at radius 2 is 1.74 bits per heavy atom. The average Bonchev–Trinajstić information content (AvgIpc) is 2.49. The van der Waals surface area contributed by atoms with Crippen molar-refractivity contribution in [3.05, 3.63) is 29.3 Å². The van der Waals surface area contributed by atoms with E-state index in [9.17, 15) is 17.6 Å². The molecule has 1 saturated heterocycles. The zero-order chi connectivity index (χ0) is 16.8. The van der Waals surface area contributed by atoms with Crippen LogP contribution in [-0.4, -0.2) is 14.7 Å². The Hall–Kier alpha value is -0.753. The van der Waals surface area contributed by atoms with Crippen LogP contribution in [0.5, 0.6) is 5.75 Å². The molecule has 23 heavy (non-hydrogen) atoms. The summed E-state index contributed by atoms with van der Waals surface area (Å²) in [7, 11) is -0.596. The van der Waals surface area contributed by atoms with Gasteiger partial charge in [-0.2, -0.15) is 19.9 Å². The first-order valence-corrected chi connectivity index (χ1v) is 10.8. The van der Waals surface area contributed by atoms with Crippen LogP contribution in [0.3, 0.4) is 0 Å². The molecule has 0 amide bonds. The fourth-order valence-corrected chi connectivity index (χ4v) is 5.35. The van der Waals surface area contributed by atoms with Crippen LogP contribution in [0, 0.1) is 17.6 Å². The number of ether oxygens (including phenoxy) is 1. The number of rotatable bonds is 7. The molecule has 7 heteroatoms. The largest absolute Gasteiger partial charge is 0.429 e. The minimum atomic E-state index is -3.24. The second-order valence-electron chi connectivity index (χ2n) is 5.97. The third-order valence-electron chi connectivity index (χ3n) is 4.24. The lowest BCUT2D eigenvalue weighted by atomic mass is 9.95.